The van der Waals surface area contributed by atoms with Gasteiger partial charge < -0.3 is 15.4 Å². The molecule has 1 aliphatic carbocycles. The summed E-state index contributed by atoms with van der Waals surface area (Å²) in [7, 11) is 1.65. The average molecular weight is 262 g/mol. The standard InChI is InChI=1S/C15H22N2O2/c1-19-14-8-6-12(7-9-14)16-11-10-15(18)17-13-4-2-3-5-13/h6-9,13,16H,2-5,10-11H2,1H3,(H,17,18). The summed E-state index contributed by atoms with van der Waals surface area (Å²) in [5.74, 6) is 0.984. The monoisotopic (exact) mass is 262 g/mol. The van der Waals surface area contributed by atoms with Crippen LogP contribution in [0.2, 0.25) is 0 Å². The molecule has 104 valence electrons. The predicted octanol–water partition coefficient (Wildman–Crippen LogP) is 2.56. The van der Waals surface area contributed by atoms with Gasteiger partial charge in [0.05, 0.1) is 7.11 Å². The topological polar surface area (TPSA) is 50.4 Å². The minimum absolute atomic E-state index is 0.146. The van der Waals surface area contributed by atoms with Crippen LogP contribution in [0.4, 0.5) is 5.69 Å². The first-order valence-electron chi connectivity index (χ1n) is 6.95. The first-order chi connectivity index (χ1) is 9.28. The summed E-state index contributed by atoms with van der Waals surface area (Å²) in [6.45, 7) is 0.658. The molecule has 0 spiro atoms. The van der Waals surface area contributed by atoms with Crippen molar-refractivity contribution in [2.24, 2.45) is 0 Å². The molecule has 0 aliphatic heterocycles. The Balaban J connectivity index is 1.65. The number of benzene rings is 1. The lowest BCUT2D eigenvalue weighted by molar-refractivity contribution is -0.121. The van der Waals surface area contributed by atoms with Gasteiger partial charge in [-0.2, -0.15) is 0 Å². The third-order valence-corrected chi connectivity index (χ3v) is 3.49. The molecule has 1 amide bonds. The quantitative estimate of drug-likeness (QED) is 0.828. The van der Waals surface area contributed by atoms with Crippen molar-refractivity contribution in [3.63, 3.8) is 0 Å². The van der Waals surface area contributed by atoms with Gasteiger partial charge in [0.1, 0.15) is 5.75 Å². The molecule has 4 nitrogen and oxygen atoms in total. The molecular weight excluding hydrogens is 240 g/mol. The van der Waals surface area contributed by atoms with Gasteiger partial charge in [-0.25, -0.2) is 0 Å². The number of amides is 1. The third-order valence-electron chi connectivity index (χ3n) is 3.49. The molecule has 0 bridgehead atoms. The fraction of sp³-hybridized carbons (Fsp3) is 0.533. The van der Waals surface area contributed by atoms with E-state index in [-0.39, 0.29) is 5.91 Å². The smallest absolute Gasteiger partial charge is 0.221 e. The van der Waals surface area contributed by atoms with E-state index < -0.39 is 0 Å². The maximum atomic E-state index is 11.7. The van der Waals surface area contributed by atoms with Crippen LogP contribution in [-0.2, 0) is 4.79 Å². The number of rotatable bonds is 6. The van der Waals surface area contributed by atoms with Crippen molar-refractivity contribution in [2.75, 3.05) is 19.0 Å². The van der Waals surface area contributed by atoms with Crippen molar-refractivity contribution < 1.29 is 9.53 Å². The van der Waals surface area contributed by atoms with Crippen LogP contribution in [0, 0.1) is 0 Å². The van der Waals surface area contributed by atoms with E-state index in [1.54, 1.807) is 7.11 Å². The third kappa shape index (κ3) is 4.47. The number of nitrogens with one attached hydrogen (secondary N) is 2. The van der Waals surface area contributed by atoms with E-state index in [9.17, 15) is 4.79 Å². The number of ether oxygens (including phenoxy) is 1. The number of carbonyl (C=O) groups is 1. The van der Waals surface area contributed by atoms with Gasteiger partial charge in [-0.3, -0.25) is 4.79 Å². The number of methoxy groups -OCH3 is 1. The number of anilines is 1. The van der Waals surface area contributed by atoms with E-state index in [4.69, 9.17) is 4.74 Å². The van der Waals surface area contributed by atoms with Crippen LogP contribution in [-0.4, -0.2) is 25.6 Å². The number of carbonyl (C=O) groups excluding carboxylic acids is 1. The summed E-state index contributed by atoms with van der Waals surface area (Å²) in [5.41, 5.74) is 1.01. The molecule has 1 aromatic carbocycles. The first kappa shape index (κ1) is 13.7. The van der Waals surface area contributed by atoms with Crippen LogP contribution in [0.3, 0.4) is 0 Å². The molecule has 2 rings (SSSR count). The Morgan fingerprint density at radius 3 is 2.58 bits per heavy atom. The lowest BCUT2D eigenvalue weighted by Gasteiger charge is -2.12. The molecule has 1 fully saturated rings. The zero-order chi connectivity index (χ0) is 13.5. The zero-order valence-electron chi connectivity index (χ0n) is 11.4. The largest absolute Gasteiger partial charge is 0.497 e. The molecule has 0 heterocycles. The highest BCUT2D eigenvalue weighted by Gasteiger charge is 2.16. The second-order valence-corrected chi connectivity index (χ2v) is 4.95. The van der Waals surface area contributed by atoms with Gasteiger partial charge in [0.2, 0.25) is 5.91 Å². The van der Waals surface area contributed by atoms with Crippen molar-refractivity contribution in [1.29, 1.82) is 0 Å². The maximum absolute atomic E-state index is 11.7. The second kappa shape index (κ2) is 7.02. The van der Waals surface area contributed by atoms with Gasteiger partial charge >= 0.3 is 0 Å². The van der Waals surface area contributed by atoms with Crippen LogP contribution in [0.15, 0.2) is 24.3 Å². The van der Waals surface area contributed by atoms with E-state index >= 15 is 0 Å². The van der Waals surface area contributed by atoms with Crippen LogP contribution >= 0.6 is 0 Å². The SMILES string of the molecule is COc1ccc(NCCC(=O)NC2CCCC2)cc1. The number of hydrogen-bond acceptors (Lipinski definition) is 3. The van der Waals surface area contributed by atoms with E-state index in [0.29, 0.717) is 19.0 Å². The van der Waals surface area contributed by atoms with Gasteiger partial charge in [0.25, 0.3) is 0 Å². The molecule has 0 aromatic heterocycles. The molecule has 1 aromatic rings. The fourth-order valence-electron chi connectivity index (χ4n) is 2.40. The van der Waals surface area contributed by atoms with Crippen LogP contribution in [0.25, 0.3) is 0 Å². The van der Waals surface area contributed by atoms with Crippen molar-refractivity contribution in [3.8, 4) is 5.75 Å². The minimum Gasteiger partial charge on any atom is -0.497 e. The second-order valence-electron chi connectivity index (χ2n) is 4.95. The van der Waals surface area contributed by atoms with Crippen molar-refractivity contribution in [1.82, 2.24) is 5.32 Å². The Kier molecular flexibility index (Phi) is 5.07. The van der Waals surface area contributed by atoms with E-state index in [0.717, 1.165) is 24.3 Å². The highest BCUT2D eigenvalue weighted by molar-refractivity contribution is 5.76. The van der Waals surface area contributed by atoms with Crippen molar-refractivity contribution in [2.45, 2.75) is 38.1 Å². The van der Waals surface area contributed by atoms with Gasteiger partial charge in [-0.15, -0.1) is 0 Å². The predicted molar refractivity (Wildman–Crippen MR) is 76.5 cm³/mol. The average Bonchev–Trinajstić information content (AvgIpc) is 2.92. The maximum Gasteiger partial charge on any atom is 0.221 e. The molecule has 0 unspecified atom stereocenters. The van der Waals surface area contributed by atoms with Crippen molar-refractivity contribution in [3.05, 3.63) is 24.3 Å². The highest BCUT2D eigenvalue weighted by Crippen LogP contribution is 2.18. The molecule has 0 radical (unpaired) electrons. The number of hydrogen-bond donors (Lipinski definition) is 2. The molecule has 0 atom stereocenters. The van der Waals surface area contributed by atoms with Crippen LogP contribution < -0.4 is 15.4 Å². The highest BCUT2D eigenvalue weighted by atomic mass is 16.5. The molecule has 0 saturated heterocycles. The summed E-state index contributed by atoms with van der Waals surface area (Å²) < 4.78 is 5.09. The Labute approximate surface area is 114 Å². The lowest BCUT2D eigenvalue weighted by Crippen LogP contribution is -2.33. The van der Waals surface area contributed by atoms with Gasteiger partial charge in [-0.1, -0.05) is 12.8 Å². The Hall–Kier alpha value is -1.71. The molecule has 19 heavy (non-hydrogen) atoms. The summed E-state index contributed by atoms with van der Waals surface area (Å²) in [4.78, 5) is 11.7. The molecule has 2 N–H and O–H groups in total. The lowest BCUT2D eigenvalue weighted by atomic mass is 10.2. The fourth-order valence-corrected chi connectivity index (χ4v) is 2.40. The zero-order valence-corrected chi connectivity index (χ0v) is 11.4. The Morgan fingerprint density at radius 1 is 1.26 bits per heavy atom. The van der Waals surface area contributed by atoms with E-state index in [1.165, 1.54) is 12.8 Å². The molecule has 1 aliphatic rings. The van der Waals surface area contributed by atoms with E-state index in [2.05, 4.69) is 10.6 Å². The Morgan fingerprint density at radius 2 is 1.95 bits per heavy atom. The molecular formula is C15H22N2O2. The summed E-state index contributed by atoms with van der Waals surface area (Å²) in [6, 6.07) is 8.12. The summed E-state index contributed by atoms with van der Waals surface area (Å²) in [6.07, 6.45) is 5.28. The summed E-state index contributed by atoms with van der Waals surface area (Å²) in [5, 5.41) is 6.32. The van der Waals surface area contributed by atoms with Gasteiger partial charge in [0, 0.05) is 24.7 Å². The Bertz CT molecular complexity index is 397. The molecule has 1 saturated carbocycles. The summed E-state index contributed by atoms with van der Waals surface area (Å²) >= 11 is 0. The van der Waals surface area contributed by atoms with Crippen LogP contribution in [0.5, 0.6) is 5.75 Å². The first-order valence-corrected chi connectivity index (χ1v) is 6.95. The van der Waals surface area contributed by atoms with E-state index in [1.807, 2.05) is 24.3 Å². The van der Waals surface area contributed by atoms with Crippen LogP contribution in [0.1, 0.15) is 32.1 Å². The minimum atomic E-state index is 0.146. The normalized spacial score (nSPS) is 15.2. The molecule has 4 heteroatoms. The van der Waals surface area contributed by atoms with Gasteiger partial charge in [0.15, 0.2) is 0 Å². The van der Waals surface area contributed by atoms with Gasteiger partial charge in [-0.05, 0) is 37.1 Å². The van der Waals surface area contributed by atoms with Crippen molar-refractivity contribution >= 4 is 11.6 Å².